The van der Waals surface area contributed by atoms with Gasteiger partial charge >= 0.3 is 0 Å². The summed E-state index contributed by atoms with van der Waals surface area (Å²) < 4.78 is 0. The maximum atomic E-state index is 12.2. The zero-order valence-electron chi connectivity index (χ0n) is 12.1. The second kappa shape index (κ2) is 5.07. The lowest BCUT2D eigenvalue weighted by atomic mass is 9.98. The molecule has 1 fully saturated rings. The highest BCUT2D eigenvalue weighted by molar-refractivity contribution is 7.07. The van der Waals surface area contributed by atoms with Crippen molar-refractivity contribution >= 4 is 11.3 Å². The summed E-state index contributed by atoms with van der Waals surface area (Å²) in [5.74, 6) is 0.737. The van der Waals surface area contributed by atoms with E-state index in [1.54, 1.807) is 11.3 Å². The molecule has 1 N–H and O–H groups in total. The number of thiophene rings is 1. The minimum Gasteiger partial charge on any atom is -0.311 e. The van der Waals surface area contributed by atoms with Crippen LogP contribution in [0.15, 0.2) is 21.6 Å². The molecule has 2 aliphatic heterocycles. The fourth-order valence-electron chi connectivity index (χ4n) is 3.81. The van der Waals surface area contributed by atoms with E-state index in [0.717, 1.165) is 36.5 Å². The van der Waals surface area contributed by atoms with Crippen molar-refractivity contribution < 1.29 is 0 Å². The molecule has 2 aromatic rings. The van der Waals surface area contributed by atoms with Crippen LogP contribution in [0.4, 0.5) is 0 Å². The molecular formula is C16H19N3OS. The van der Waals surface area contributed by atoms with E-state index in [4.69, 9.17) is 0 Å². The fourth-order valence-corrected chi connectivity index (χ4v) is 4.47. The Morgan fingerprint density at radius 1 is 1.38 bits per heavy atom. The standard InChI is InChI=1S/C16H19N3OS/c1-10-17-15-7-13-3-2-12(6-14(15)16(20)18-10)19(13)8-11-4-5-21-9-11/h4-5,9,12-13H,2-3,6-8H2,1H3,(H,17,18,20)/t12-,13-/m1/s1. The predicted molar refractivity (Wildman–Crippen MR) is 83.7 cm³/mol. The highest BCUT2D eigenvalue weighted by Gasteiger charge is 2.38. The topological polar surface area (TPSA) is 49.0 Å². The van der Waals surface area contributed by atoms with Crippen LogP contribution in [0.25, 0.3) is 0 Å². The van der Waals surface area contributed by atoms with E-state index in [1.807, 2.05) is 6.92 Å². The number of aromatic amines is 1. The molecule has 110 valence electrons. The third-order valence-electron chi connectivity index (χ3n) is 4.80. The number of hydrogen-bond acceptors (Lipinski definition) is 4. The smallest absolute Gasteiger partial charge is 0.254 e. The van der Waals surface area contributed by atoms with Crippen molar-refractivity contribution in [2.45, 2.75) is 51.2 Å². The number of H-pyrrole nitrogens is 1. The minimum atomic E-state index is 0.0699. The lowest BCUT2D eigenvalue weighted by molar-refractivity contribution is 0.188. The van der Waals surface area contributed by atoms with Gasteiger partial charge in [-0.3, -0.25) is 9.69 Å². The molecule has 0 unspecified atom stereocenters. The number of aryl methyl sites for hydroxylation is 1. The molecular weight excluding hydrogens is 282 g/mol. The van der Waals surface area contributed by atoms with Crippen molar-refractivity contribution in [1.82, 2.24) is 14.9 Å². The Labute approximate surface area is 127 Å². The van der Waals surface area contributed by atoms with Crippen LogP contribution < -0.4 is 5.56 Å². The highest BCUT2D eigenvalue weighted by Crippen LogP contribution is 2.33. The molecule has 0 aromatic carbocycles. The summed E-state index contributed by atoms with van der Waals surface area (Å²) in [5, 5.41) is 4.37. The van der Waals surface area contributed by atoms with Gasteiger partial charge in [0.15, 0.2) is 0 Å². The molecule has 0 radical (unpaired) electrons. The van der Waals surface area contributed by atoms with E-state index in [9.17, 15) is 4.79 Å². The van der Waals surface area contributed by atoms with Crippen LogP contribution in [-0.2, 0) is 19.4 Å². The van der Waals surface area contributed by atoms with Crippen molar-refractivity contribution in [2.24, 2.45) is 0 Å². The first kappa shape index (κ1) is 13.2. The number of aromatic nitrogens is 2. The van der Waals surface area contributed by atoms with Crippen molar-refractivity contribution in [3.05, 3.63) is 49.8 Å². The summed E-state index contributed by atoms with van der Waals surface area (Å²) in [5.41, 5.74) is 3.41. The minimum absolute atomic E-state index is 0.0699. The van der Waals surface area contributed by atoms with E-state index in [0.29, 0.717) is 12.1 Å². The average Bonchev–Trinajstić information content (AvgIpc) is 3.01. The van der Waals surface area contributed by atoms with E-state index >= 15 is 0 Å². The van der Waals surface area contributed by atoms with Crippen LogP contribution in [0.2, 0.25) is 0 Å². The molecule has 5 heteroatoms. The maximum Gasteiger partial charge on any atom is 0.254 e. The molecule has 2 bridgehead atoms. The van der Waals surface area contributed by atoms with Crippen LogP contribution in [0.3, 0.4) is 0 Å². The maximum absolute atomic E-state index is 12.2. The fraction of sp³-hybridized carbons (Fsp3) is 0.500. The van der Waals surface area contributed by atoms with Gasteiger partial charge in [-0.15, -0.1) is 0 Å². The molecule has 2 aromatic heterocycles. The van der Waals surface area contributed by atoms with Crippen molar-refractivity contribution in [3.8, 4) is 0 Å². The molecule has 0 spiro atoms. The van der Waals surface area contributed by atoms with Gasteiger partial charge < -0.3 is 4.98 Å². The molecule has 1 saturated heterocycles. The number of nitrogens with one attached hydrogen (secondary N) is 1. The first-order valence-corrected chi connectivity index (χ1v) is 8.50. The lowest BCUT2D eigenvalue weighted by Crippen LogP contribution is -2.36. The Balaban J connectivity index is 1.68. The van der Waals surface area contributed by atoms with Crippen LogP contribution in [0.1, 0.15) is 35.5 Å². The number of nitrogens with zero attached hydrogens (tertiary/aromatic N) is 2. The Hall–Kier alpha value is -1.46. The third-order valence-corrected chi connectivity index (χ3v) is 5.54. The second-order valence-corrected chi connectivity index (χ2v) is 6.95. The van der Waals surface area contributed by atoms with E-state index in [2.05, 4.69) is 31.7 Å². The molecule has 4 rings (SSSR count). The van der Waals surface area contributed by atoms with Crippen molar-refractivity contribution in [3.63, 3.8) is 0 Å². The molecule has 21 heavy (non-hydrogen) atoms. The Kier molecular flexibility index (Phi) is 3.19. The molecule has 0 amide bonds. The van der Waals surface area contributed by atoms with E-state index in [1.165, 1.54) is 18.4 Å². The number of rotatable bonds is 2. The molecule has 2 aliphatic rings. The SMILES string of the molecule is Cc1nc2c(c(=O)[nH]1)C[C@H]1CC[C@H](C2)N1Cc1ccsc1. The van der Waals surface area contributed by atoms with Gasteiger partial charge in [0.05, 0.1) is 5.69 Å². The summed E-state index contributed by atoms with van der Waals surface area (Å²) >= 11 is 1.75. The van der Waals surface area contributed by atoms with Crippen LogP contribution >= 0.6 is 11.3 Å². The lowest BCUT2D eigenvalue weighted by Gasteiger charge is -2.27. The van der Waals surface area contributed by atoms with E-state index < -0.39 is 0 Å². The summed E-state index contributed by atoms with van der Waals surface area (Å²) in [4.78, 5) is 22.3. The van der Waals surface area contributed by atoms with Gasteiger partial charge in [-0.25, -0.2) is 4.98 Å². The van der Waals surface area contributed by atoms with Crippen molar-refractivity contribution in [1.29, 1.82) is 0 Å². The summed E-state index contributed by atoms with van der Waals surface area (Å²) in [6.07, 6.45) is 4.18. The highest BCUT2D eigenvalue weighted by atomic mass is 32.1. The van der Waals surface area contributed by atoms with Gasteiger partial charge in [-0.1, -0.05) is 0 Å². The largest absolute Gasteiger partial charge is 0.311 e. The van der Waals surface area contributed by atoms with Crippen LogP contribution in [0, 0.1) is 6.92 Å². The van der Waals surface area contributed by atoms with Gasteiger partial charge in [0.25, 0.3) is 5.56 Å². The summed E-state index contributed by atoms with van der Waals surface area (Å²) in [7, 11) is 0. The summed E-state index contributed by atoms with van der Waals surface area (Å²) in [6.45, 7) is 2.87. The number of fused-ring (bicyclic) bond motifs is 3. The first-order chi connectivity index (χ1) is 10.2. The van der Waals surface area contributed by atoms with Gasteiger partial charge in [-0.05, 0) is 48.6 Å². The molecule has 0 saturated carbocycles. The van der Waals surface area contributed by atoms with Crippen LogP contribution in [-0.4, -0.2) is 27.0 Å². The van der Waals surface area contributed by atoms with E-state index in [-0.39, 0.29) is 5.56 Å². The van der Waals surface area contributed by atoms with Gasteiger partial charge in [0.2, 0.25) is 0 Å². The number of hydrogen-bond donors (Lipinski definition) is 1. The van der Waals surface area contributed by atoms with Gasteiger partial charge in [0.1, 0.15) is 5.82 Å². The van der Waals surface area contributed by atoms with Crippen molar-refractivity contribution in [2.75, 3.05) is 0 Å². The predicted octanol–water partition coefficient (Wildman–Crippen LogP) is 2.27. The zero-order chi connectivity index (χ0) is 14.4. The van der Waals surface area contributed by atoms with Gasteiger partial charge in [0, 0.05) is 30.6 Å². The molecule has 4 heterocycles. The Bertz CT molecular complexity index is 707. The average molecular weight is 301 g/mol. The molecule has 2 atom stereocenters. The molecule has 0 aliphatic carbocycles. The molecule has 4 nitrogen and oxygen atoms in total. The summed E-state index contributed by atoms with van der Waals surface area (Å²) in [6, 6.07) is 3.23. The second-order valence-electron chi connectivity index (χ2n) is 6.17. The quantitative estimate of drug-likeness (QED) is 0.926. The first-order valence-electron chi connectivity index (χ1n) is 7.56. The van der Waals surface area contributed by atoms with Gasteiger partial charge in [-0.2, -0.15) is 11.3 Å². The zero-order valence-corrected chi connectivity index (χ0v) is 12.9. The van der Waals surface area contributed by atoms with Crippen LogP contribution in [0.5, 0.6) is 0 Å². The monoisotopic (exact) mass is 301 g/mol. The Morgan fingerprint density at radius 2 is 2.19 bits per heavy atom. The Morgan fingerprint density at radius 3 is 2.95 bits per heavy atom. The normalized spacial score (nSPS) is 24.8. The third kappa shape index (κ3) is 2.34.